The quantitative estimate of drug-likeness (QED) is 0.844. The van der Waals surface area contributed by atoms with Crippen LogP contribution in [0.4, 0.5) is 5.69 Å². The maximum Gasteiger partial charge on any atom is 0.255 e. The van der Waals surface area contributed by atoms with Crippen LogP contribution >= 0.6 is 23.2 Å². The molecule has 0 atom stereocenters. The van der Waals surface area contributed by atoms with E-state index < -0.39 is 0 Å². The summed E-state index contributed by atoms with van der Waals surface area (Å²) in [6, 6.07) is 9.10. The van der Waals surface area contributed by atoms with E-state index in [-0.39, 0.29) is 5.91 Å². The van der Waals surface area contributed by atoms with Gasteiger partial charge >= 0.3 is 0 Å². The Morgan fingerprint density at radius 3 is 2.36 bits per heavy atom. The first-order chi connectivity index (χ1) is 10.7. The van der Waals surface area contributed by atoms with Crippen molar-refractivity contribution in [3.8, 4) is 0 Å². The van der Waals surface area contributed by atoms with Crippen molar-refractivity contribution in [2.75, 3.05) is 31.1 Å². The minimum atomic E-state index is -0.0677. The van der Waals surface area contributed by atoms with E-state index in [0.717, 1.165) is 18.8 Å². The van der Waals surface area contributed by atoms with E-state index in [1.54, 1.807) is 30.6 Å². The predicted octanol–water partition coefficient (Wildman–Crippen LogP) is 3.35. The maximum absolute atomic E-state index is 12.6. The van der Waals surface area contributed by atoms with Crippen LogP contribution < -0.4 is 4.90 Å². The van der Waals surface area contributed by atoms with Crippen LogP contribution in [0, 0.1) is 0 Å². The number of nitrogens with zero attached hydrogens (tertiary/aromatic N) is 3. The molecule has 0 unspecified atom stereocenters. The van der Waals surface area contributed by atoms with Crippen LogP contribution in [-0.4, -0.2) is 42.0 Å². The van der Waals surface area contributed by atoms with Crippen LogP contribution in [-0.2, 0) is 0 Å². The van der Waals surface area contributed by atoms with E-state index in [0.29, 0.717) is 28.7 Å². The highest BCUT2D eigenvalue weighted by Gasteiger charge is 2.24. The number of aromatic nitrogens is 1. The molecule has 6 heteroatoms. The Labute approximate surface area is 139 Å². The average Bonchev–Trinajstić information content (AvgIpc) is 2.58. The third-order valence-corrected chi connectivity index (χ3v) is 4.60. The van der Waals surface area contributed by atoms with Crippen LogP contribution in [0.1, 0.15) is 10.4 Å². The smallest absolute Gasteiger partial charge is 0.255 e. The Morgan fingerprint density at radius 1 is 1.00 bits per heavy atom. The van der Waals surface area contributed by atoms with E-state index in [2.05, 4.69) is 9.88 Å². The van der Waals surface area contributed by atoms with Gasteiger partial charge in [-0.2, -0.15) is 0 Å². The van der Waals surface area contributed by atoms with Crippen molar-refractivity contribution in [3.63, 3.8) is 0 Å². The summed E-state index contributed by atoms with van der Waals surface area (Å²) >= 11 is 12.1. The molecule has 0 saturated carbocycles. The lowest BCUT2D eigenvalue weighted by molar-refractivity contribution is 0.0747. The van der Waals surface area contributed by atoms with Gasteiger partial charge in [0.1, 0.15) is 0 Å². The number of anilines is 1. The van der Waals surface area contributed by atoms with Crippen LogP contribution in [0.3, 0.4) is 0 Å². The van der Waals surface area contributed by atoms with Crippen molar-refractivity contribution >= 4 is 34.8 Å². The topological polar surface area (TPSA) is 36.4 Å². The second-order valence-corrected chi connectivity index (χ2v) is 5.87. The Bertz CT molecular complexity index is 670. The predicted molar refractivity (Wildman–Crippen MR) is 88.8 cm³/mol. The van der Waals surface area contributed by atoms with Crippen molar-refractivity contribution in [3.05, 3.63) is 58.3 Å². The molecule has 1 aromatic carbocycles. The van der Waals surface area contributed by atoms with Crippen LogP contribution in [0.2, 0.25) is 10.0 Å². The van der Waals surface area contributed by atoms with E-state index in [9.17, 15) is 4.79 Å². The molecule has 22 heavy (non-hydrogen) atoms. The van der Waals surface area contributed by atoms with E-state index in [1.165, 1.54) is 0 Å². The highest BCUT2D eigenvalue weighted by Crippen LogP contribution is 2.27. The summed E-state index contributed by atoms with van der Waals surface area (Å²) in [5.41, 5.74) is 1.59. The van der Waals surface area contributed by atoms with Crippen LogP contribution in [0.25, 0.3) is 0 Å². The van der Waals surface area contributed by atoms with Crippen molar-refractivity contribution in [1.82, 2.24) is 9.88 Å². The lowest BCUT2D eigenvalue weighted by Crippen LogP contribution is -2.48. The molecule has 1 aliphatic rings. The summed E-state index contributed by atoms with van der Waals surface area (Å²) in [5.74, 6) is -0.0677. The van der Waals surface area contributed by atoms with Gasteiger partial charge in [-0.05, 0) is 24.3 Å². The first-order valence-corrected chi connectivity index (χ1v) is 7.80. The third kappa shape index (κ3) is 3.03. The lowest BCUT2D eigenvalue weighted by Gasteiger charge is -2.36. The molecule has 1 amide bonds. The van der Waals surface area contributed by atoms with E-state index >= 15 is 0 Å². The molecule has 0 radical (unpaired) electrons. The molecule has 1 saturated heterocycles. The largest absolute Gasteiger partial charge is 0.368 e. The fourth-order valence-electron chi connectivity index (χ4n) is 2.56. The van der Waals surface area contributed by atoms with Gasteiger partial charge in [-0.1, -0.05) is 29.3 Å². The molecular weight excluding hydrogens is 321 g/mol. The minimum absolute atomic E-state index is 0.0677. The zero-order valence-corrected chi connectivity index (χ0v) is 13.4. The van der Waals surface area contributed by atoms with Crippen molar-refractivity contribution in [1.29, 1.82) is 0 Å². The van der Waals surface area contributed by atoms with Gasteiger partial charge < -0.3 is 9.80 Å². The molecule has 3 rings (SSSR count). The summed E-state index contributed by atoms with van der Waals surface area (Å²) in [5, 5.41) is 0.730. The summed E-state index contributed by atoms with van der Waals surface area (Å²) in [6.45, 7) is 2.88. The molecule has 1 aromatic heterocycles. The number of piperazine rings is 1. The maximum atomic E-state index is 12.6. The molecule has 114 valence electrons. The highest BCUT2D eigenvalue weighted by atomic mass is 35.5. The third-order valence-electron chi connectivity index (χ3n) is 3.78. The van der Waals surface area contributed by atoms with E-state index in [1.807, 2.05) is 17.0 Å². The molecule has 0 aliphatic carbocycles. The van der Waals surface area contributed by atoms with Gasteiger partial charge in [0.2, 0.25) is 0 Å². The molecule has 4 nitrogen and oxygen atoms in total. The lowest BCUT2D eigenvalue weighted by atomic mass is 10.1. The molecular formula is C16H15Cl2N3O. The Morgan fingerprint density at radius 2 is 1.68 bits per heavy atom. The number of pyridine rings is 1. The fourth-order valence-corrected chi connectivity index (χ4v) is 2.94. The Balaban J connectivity index is 1.69. The normalized spacial score (nSPS) is 15.0. The second-order valence-electron chi connectivity index (χ2n) is 5.09. The summed E-state index contributed by atoms with van der Waals surface area (Å²) in [6.07, 6.45) is 3.55. The van der Waals surface area contributed by atoms with Crippen molar-refractivity contribution < 1.29 is 4.79 Å². The van der Waals surface area contributed by atoms with Crippen molar-refractivity contribution in [2.45, 2.75) is 0 Å². The number of benzene rings is 1. The molecule has 1 aliphatic heterocycles. The number of halogens is 2. The summed E-state index contributed by atoms with van der Waals surface area (Å²) in [7, 11) is 0. The zero-order valence-electron chi connectivity index (χ0n) is 11.9. The van der Waals surface area contributed by atoms with Crippen molar-refractivity contribution in [2.24, 2.45) is 0 Å². The Hall–Kier alpha value is -1.78. The van der Waals surface area contributed by atoms with Gasteiger partial charge in [0.05, 0.1) is 15.6 Å². The molecule has 0 spiro atoms. The Kier molecular flexibility index (Phi) is 4.50. The number of amides is 1. The van der Waals surface area contributed by atoms with Gasteiger partial charge in [0, 0.05) is 44.3 Å². The highest BCUT2D eigenvalue weighted by molar-refractivity contribution is 6.43. The monoisotopic (exact) mass is 335 g/mol. The number of rotatable bonds is 2. The number of hydrogen-bond donors (Lipinski definition) is 0. The van der Waals surface area contributed by atoms with Gasteiger partial charge in [0.15, 0.2) is 0 Å². The number of carbonyl (C=O) groups is 1. The first-order valence-electron chi connectivity index (χ1n) is 7.05. The number of hydrogen-bond acceptors (Lipinski definition) is 3. The first kappa shape index (κ1) is 15.1. The zero-order chi connectivity index (χ0) is 15.5. The summed E-state index contributed by atoms with van der Waals surface area (Å²) < 4.78 is 0. The molecule has 2 aromatic rings. The molecule has 1 fully saturated rings. The van der Waals surface area contributed by atoms with Crippen LogP contribution in [0.15, 0.2) is 42.7 Å². The van der Waals surface area contributed by atoms with Gasteiger partial charge in [-0.3, -0.25) is 9.78 Å². The molecule has 0 N–H and O–H groups in total. The SMILES string of the molecule is O=C(c1cccc(Cl)c1Cl)N1CCN(c2ccncc2)CC1. The molecule has 0 bridgehead atoms. The standard InChI is InChI=1S/C16H15Cl2N3O/c17-14-3-1-2-13(15(14)18)16(22)21-10-8-20(9-11-21)12-4-6-19-7-5-12/h1-7H,8-11H2. The van der Waals surface area contributed by atoms with E-state index in [4.69, 9.17) is 23.2 Å². The van der Waals surface area contributed by atoms with Gasteiger partial charge in [0.25, 0.3) is 5.91 Å². The molecule has 2 heterocycles. The van der Waals surface area contributed by atoms with Gasteiger partial charge in [-0.25, -0.2) is 0 Å². The number of carbonyl (C=O) groups excluding carboxylic acids is 1. The second kappa shape index (κ2) is 6.55. The van der Waals surface area contributed by atoms with Gasteiger partial charge in [-0.15, -0.1) is 0 Å². The minimum Gasteiger partial charge on any atom is -0.368 e. The summed E-state index contributed by atoms with van der Waals surface area (Å²) in [4.78, 5) is 20.6. The van der Waals surface area contributed by atoms with Crippen LogP contribution in [0.5, 0.6) is 0 Å². The average molecular weight is 336 g/mol. The fraction of sp³-hybridized carbons (Fsp3) is 0.250.